The van der Waals surface area contributed by atoms with E-state index in [2.05, 4.69) is 78.2 Å². The maximum Gasteiger partial charge on any atom is 0.0471 e. The first kappa shape index (κ1) is 18.1. The predicted octanol–water partition coefficient (Wildman–Crippen LogP) is 3.63. The molecule has 25 heavy (non-hydrogen) atoms. The zero-order chi connectivity index (χ0) is 17.6. The number of hydrogen-bond acceptors (Lipinski definition) is 3. The van der Waals surface area contributed by atoms with Crippen LogP contribution in [0.3, 0.4) is 0 Å². The molecule has 1 aliphatic rings. The molecule has 1 fully saturated rings. The van der Waals surface area contributed by atoms with E-state index in [0.717, 1.165) is 32.7 Å². The molecule has 1 heterocycles. The largest absolute Gasteiger partial charge is 0.329 e. The second-order valence-corrected chi connectivity index (χ2v) is 7.37. The first-order valence-corrected chi connectivity index (χ1v) is 9.47. The summed E-state index contributed by atoms with van der Waals surface area (Å²) in [6.07, 6.45) is 0. The van der Waals surface area contributed by atoms with Crippen molar-refractivity contribution in [2.24, 2.45) is 5.73 Å². The summed E-state index contributed by atoms with van der Waals surface area (Å²) in [5.41, 5.74) is 10.3. The highest BCUT2D eigenvalue weighted by Crippen LogP contribution is 2.24. The number of rotatable bonds is 6. The van der Waals surface area contributed by atoms with Crippen LogP contribution < -0.4 is 5.73 Å². The second-order valence-electron chi connectivity index (χ2n) is 7.37. The number of nitrogens with zero attached hydrogens (tertiary/aromatic N) is 2. The fourth-order valence-corrected chi connectivity index (χ4v) is 3.67. The molecular formula is C22H31N3. The van der Waals surface area contributed by atoms with E-state index in [1.54, 1.807) is 0 Å². The number of nitrogens with two attached hydrogens (primary N) is 1. The highest BCUT2D eigenvalue weighted by molar-refractivity contribution is 5.27. The van der Waals surface area contributed by atoms with Crippen molar-refractivity contribution in [3.05, 3.63) is 71.3 Å². The van der Waals surface area contributed by atoms with E-state index in [1.165, 1.54) is 16.7 Å². The lowest BCUT2D eigenvalue weighted by Crippen LogP contribution is -2.48. The van der Waals surface area contributed by atoms with Crippen LogP contribution in [-0.2, 0) is 6.54 Å². The molecular weight excluding hydrogens is 306 g/mol. The maximum absolute atomic E-state index is 6.14. The van der Waals surface area contributed by atoms with E-state index in [-0.39, 0.29) is 0 Å². The summed E-state index contributed by atoms with van der Waals surface area (Å²) < 4.78 is 0. The Morgan fingerprint density at radius 1 is 0.840 bits per heavy atom. The van der Waals surface area contributed by atoms with Crippen molar-refractivity contribution < 1.29 is 0 Å². The lowest BCUT2D eigenvalue weighted by atomic mass is 9.98. The molecule has 0 spiro atoms. The molecule has 1 aliphatic heterocycles. The monoisotopic (exact) mass is 337 g/mol. The normalized spacial score (nSPS) is 17.8. The van der Waals surface area contributed by atoms with Crippen molar-refractivity contribution >= 4 is 0 Å². The molecule has 2 N–H and O–H groups in total. The molecule has 134 valence electrons. The summed E-state index contributed by atoms with van der Waals surface area (Å²) in [6.45, 7) is 10.6. The summed E-state index contributed by atoms with van der Waals surface area (Å²) in [6, 6.07) is 20.1. The smallest absolute Gasteiger partial charge is 0.0471 e. The first-order chi connectivity index (χ1) is 12.2. The van der Waals surface area contributed by atoms with Gasteiger partial charge in [0.25, 0.3) is 0 Å². The third-order valence-electron chi connectivity index (χ3n) is 5.31. The fraction of sp³-hybridized carbons (Fsp3) is 0.455. The predicted molar refractivity (Wildman–Crippen MR) is 106 cm³/mol. The zero-order valence-electron chi connectivity index (χ0n) is 15.6. The molecule has 3 rings (SSSR count). The van der Waals surface area contributed by atoms with E-state index >= 15 is 0 Å². The molecule has 0 aliphatic carbocycles. The SMILES string of the molecule is CC(C)c1ccc(C(CN)N2CCN(Cc3ccccc3)CC2)cc1. The molecule has 0 amide bonds. The molecule has 2 aromatic carbocycles. The Morgan fingerprint density at radius 2 is 1.44 bits per heavy atom. The minimum atomic E-state index is 0.333. The molecule has 1 unspecified atom stereocenters. The fourth-order valence-electron chi connectivity index (χ4n) is 3.67. The highest BCUT2D eigenvalue weighted by Gasteiger charge is 2.24. The average molecular weight is 338 g/mol. The van der Waals surface area contributed by atoms with Crippen LogP contribution in [0.1, 0.15) is 42.5 Å². The molecule has 0 saturated carbocycles. The van der Waals surface area contributed by atoms with Crippen molar-refractivity contribution in [3.8, 4) is 0 Å². The Hall–Kier alpha value is -1.68. The van der Waals surface area contributed by atoms with Gasteiger partial charge < -0.3 is 5.73 Å². The quantitative estimate of drug-likeness (QED) is 0.874. The van der Waals surface area contributed by atoms with Crippen molar-refractivity contribution in [1.82, 2.24) is 9.80 Å². The van der Waals surface area contributed by atoms with Gasteiger partial charge in [-0.3, -0.25) is 9.80 Å². The van der Waals surface area contributed by atoms with Crippen LogP contribution in [0.15, 0.2) is 54.6 Å². The molecule has 1 saturated heterocycles. The van der Waals surface area contributed by atoms with Gasteiger partial charge in [-0.25, -0.2) is 0 Å². The minimum Gasteiger partial charge on any atom is -0.329 e. The van der Waals surface area contributed by atoms with E-state index in [9.17, 15) is 0 Å². The van der Waals surface area contributed by atoms with Crippen LogP contribution in [0, 0.1) is 0 Å². The lowest BCUT2D eigenvalue weighted by Gasteiger charge is -2.39. The number of hydrogen-bond donors (Lipinski definition) is 1. The summed E-state index contributed by atoms with van der Waals surface area (Å²) >= 11 is 0. The minimum absolute atomic E-state index is 0.333. The van der Waals surface area contributed by atoms with E-state index in [1.807, 2.05) is 0 Å². The van der Waals surface area contributed by atoms with Gasteiger partial charge in [0.2, 0.25) is 0 Å². The molecule has 3 heteroatoms. The Morgan fingerprint density at radius 3 is 2.00 bits per heavy atom. The maximum atomic E-state index is 6.14. The van der Waals surface area contributed by atoms with Crippen molar-refractivity contribution in [3.63, 3.8) is 0 Å². The summed E-state index contributed by atoms with van der Waals surface area (Å²) in [4.78, 5) is 5.09. The highest BCUT2D eigenvalue weighted by atomic mass is 15.3. The second kappa shape index (κ2) is 8.61. The van der Waals surface area contributed by atoms with Gasteiger partial charge in [0, 0.05) is 45.3 Å². The molecule has 0 aromatic heterocycles. The number of benzene rings is 2. The molecule has 1 atom stereocenters. The van der Waals surface area contributed by atoms with Crippen LogP contribution >= 0.6 is 0 Å². The standard InChI is InChI=1S/C22H31N3/c1-18(2)20-8-10-21(11-9-20)22(16-23)25-14-12-24(13-15-25)17-19-6-4-3-5-7-19/h3-11,18,22H,12-17,23H2,1-2H3. The van der Waals surface area contributed by atoms with Gasteiger partial charge in [0.05, 0.1) is 0 Å². The van der Waals surface area contributed by atoms with E-state index in [4.69, 9.17) is 5.73 Å². The van der Waals surface area contributed by atoms with Crippen LogP contribution in [0.25, 0.3) is 0 Å². The summed E-state index contributed by atoms with van der Waals surface area (Å²) in [5.74, 6) is 0.576. The zero-order valence-corrected chi connectivity index (χ0v) is 15.6. The third kappa shape index (κ3) is 4.69. The summed E-state index contributed by atoms with van der Waals surface area (Å²) in [7, 11) is 0. The van der Waals surface area contributed by atoms with Gasteiger partial charge in [-0.1, -0.05) is 68.4 Å². The molecule has 2 aromatic rings. The average Bonchev–Trinajstić information content (AvgIpc) is 2.65. The van der Waals surface area contributed by atoms with Gasteiger partial charge in [-0.05, 0) is 22.6 Å². The topological polar surface area (TPSA) is 32.5 Å². The Labute approximate surface area is 152 Å². The Bertz CT molecular complexity index is 628. The van der Waals surface area contributed by atoms with E-state index < -0.39 is 0 Å². The van der Waals surface area contributed by atoms with Gasteiger partial charge in [-0.2, -0.15) is 0 Å². The van der Waals surface area contributed by atoms with Gasteiger partial charge in [-0.15, -0.1) is 0 Å². The van der Waals surface area contributed by atoms with Crippen molar-refractivity contribution in [2.45, 2.75) is 32.4 Å². The van der Waals surface area contributed by atoms with Gasteiger partial charge in [0.15, 0.2) is 0 Å². The molecule has 0 radical (unpaired) electrons. The first-order valence-electron chi connectivity index (χ1n) is 9.47. The van der Waals surface area contributed by atoms with Gasteiger partial charge >= 0.3 is 0 Å². The molecule has 0 bridgehead atoms. The Kier molecular flexibility index (Phi) is 6.24. The number of piperazine rings is 1. The summed E-state index contributed by atoms with van der Waals surface area (Å²) in [5, 5.41) is 0. The molecule has 3 nitrogen and oxygen atoms in total. The van der Waals surface area contributed by atoms with E-state index in [0.29, 0.717) is 18.5 Å². The van der Waals surface area contributed by atoms with Crippen LogP contribution in [0.5, 0.6) is 0 Å². The third-order valence-corrected chi connectivity index (χ3v) is 5.31. The van der Waals surface area contributed by atoms with Crippen molar-refractivity contribution in [1.29, 1.82) is 0 Å². The van der Waals surface area contributed by atoms with Crippen LogP contribution in [-0.4, -0.2) is 42.5 Å². The van der Waals surface area contributed by atoms with Crippen LogP contribution in [0.2, 0.25) is 0 Å². The van der Waals surface area contributed by atoms with Gasteiger partial charge in [0.1, 0.15) is 0 Å². The Balaban J connectivity index is 1.58. The van der Waals surface area contributed by atoms with Crippen molar-refractivity contribution in [2.75, 3.05) is 32.7 Å². The van der Waals surface area contributed by atoms with Crippen LogP contribution in [0.4, 0.5) is 0 Å². The lowest BCUT2D eigenvalue weighted by molar-refractivity contribution is 0.0941.